The topological polar surface area (TPSA) is 79.0 Å². The molecule has 1 N–H and O–H groups in total. The molecule has 2 rings (SSSR count). The predicted octanol–water partition coefficient (Wildman–Crippen LogP) is -0.113. The summed E-state index contributed by atoms with van der Waals surface area (Å²) < 4.78 is 30.6. The quantitative estimate of drug-likeness (QED) is 0.650. The maximum Gasteiger partial charge on any atom is 0.224 e. The number of ether oxygens (including phenoxy) is 1. The second kappa shape index (κ2) is 8.96. The molecule has 1 unspecified atom stereocenters. The van der Waals surface area contributed by atoms with Crippen LogP contribution in [0, 0.1) is 5.92 Å². The number of nitrogens with zero attached hydrogens (tertiary/aromatic N) is 2. The highest BCUT2D eigenvalue weighted by Gasteiger charge is 2.31. The fourth-order valence-electron chi connectivity index (χ4n) is 3.08. The van der Waals surface area contributed by atoms with Gasteiger partial charge >= 0.3 is 0 Å². The van der Waals surface area contributed by atoms with Crippen molar-refractivity contribution in [3.05, 3.63) is 0 Å². The minimum Gasteiger partial charge on any atom is -0.379 e. The Balaban J connectivity index is 1.68. The van der Waals surface area contributed by atoms with Crippen LogP contribution in [0.3, 0.4) is 0 Å². The van der Waals surface area contributed by atoms with E-state index in [0.717, 1.165) is 52.1 Å². The molecule has 7 nitrogen and oxygen atoms in total. The Morgan fingerprint density at radius 1 is 1.26 bits per heavy atom. The largest absolute Gasteiger partial charge is 0.379 e. The zero-order chi connectivity index (χ0) is 16.7. The number of sulfonamides is 1. The van der Waals surface area contributed by atoms with E-state index in [2.05, 4.69) is 10.2 Å². The molecule has 0 aliphatic carbocycles. The maximum atomic E-state index is 12.2. The van der Waals surface area contributed by atoms with Gasteiger partial charge in [-0.05, 0) is 32.7 Å². The van der Waals surface area contributed by atoms with Crippen molar-refractivity contribution in [1.82, 2.24) is 14.5 Å². The molecule has 0 bridgehead atoms. The lowest BCUT2D eigenvalue weighted by atomic mass is 9.99. The highest BCUT2D eigenvalue weighted by Crippen LogP contribution is 2.19. The Morgan fingerprint density at radius 3 is 2.70 bits per heavy atom. The van der Waals surface area contributed by atoms with Crippen molar-refractivity contribution in [3.63, 3.8) is 0 Å². The molecule has 2 aliphatic rings. The van der Waals surface area contributed by atoms with Crippen LogP contribution in [0.5, 0.6) is 0 Å². The average molecular weight is 347 g/mol. The van der Waals surface area contributed by atoms with Gasteiger partial charge in [-0.25, -0.2) is 12.7 Å². The zero-order valence-electron chi connectivity index (χ0n) is 14.0. The molecule has 23 heavy (non-hydrogen) atoms. The number of morpholine rings is 1. The number of carbonyl (C=O) groups excluding carboxylic acids is 1. The first kappa shape index (κ1) is 18.6. The summed E-state index contributed by atoms with van der Waals surface area (Å²) in [5, 5.41) is 2.96. The molecule has 0 aromatic rings. The van der Waals surface area contributed by atoms with Crippen LogP contribution in [0.2, 0.25) is 0 Å². The maximum absolute atomic E-state index is 12.2. The van der Waals surface area contributed by atoms with E-state index in [-0.39, 0.29) is 17.6 Å². The van der Waals surface area contributed by atoms with Crippen molar-refractivity contribution in [2.75, 3.05) is 58.2 Å². The van der Waals surface area contributed by atoms with Gasteiger partial charge in [0.05, 0.1) is 24.9 Å². The fourth-order valence-corrected chi connectivity index (χ4v) is 4.25. The van der Waals surface area contributed by atoms with Crippen molar-refractivity contribution < 1.29 is 17.9 Å². The standard InChI is InChI=1S/C15H29N3O4S/c1-2-23(20,21)18-8-3-5-14(13-18)15(19)16-6-4-7-17-9-11-22-12-10-17/h14H,2-13H2,1H3,(H,16,19). The van der Waals surface area contributed by atoms with Gasteiger partial charge in [0, 0.05) is 32.7 Å². The number of amides is 1. The molecule has 2 heterocycles. The van der Waals surface area contributed by atoms with E-state index in [4.69, 9.17) is 4.74 Å². The van der Waals surface area contributed by atoms with Crippen LogP contribution >= 0.6 is 0 Å². The van der Waals surface area contributed by atoms with Gasteiger partial charge < -0.3 is 10.1 Å². The summed E-state index contributed by atoms with van der Waals surface area (Å²) in [4.78, 5) is 14.6. The van der Waals surface area contributed by atoms with Crippen LogP contribution in [0.15, 0.2) is 0 Å². The summed E-state index contributed by atoms with van der Waals surface area (Å²) in [6.45, 7) is 7.61. The van der Waals surface area contributed by atoms with Crippen LogP contribution in [0.4, 0.5) is 0 Å². The van der Waals surface area contributed by atoms with Crippen LogP contribution in [-0.2, 0) is 19.6 Å². The van der Waals surface area contributed by atoms with Crippen LogP contribution < -0.4 is 5.32 Å². The van der Waals surface area contributed by atoms with E-state index >= 15 is 0 Å². The van der Waals surface area contributed by atoms with Gasteiger partial charge in [0.1, 0.15) is 0 Å². The number of nitrogens with one attached hydrogen (secondary N) is 1. The predicted molar refractivity (Wildman–Crippen MR) is 88.6 cm³/mol. The number of hydrogen-bond donors (Lipinski definition) is 1. The number of hydrogen-bond acceptors (Lipinski definition) is 5. The number of rotatable bonds is 7. The van der Waals surface area contributed by atoms with Crippen LogP contribution in [0.25, 0.3) is 0 Å². The molecule has 8 heteroatoms. The summed E-state index contributed by atoms with van der Waals surface area (Å²) in [6, 6.07) is 0. The molecule has 0 spiro atoms. The van der Waals surface area contributed by atoms with Gasteiger partial charge in [0.2, 0.25) is 15.9 Å². The minimum absolute atomic E-state index is 0.0111. The molecule has 2 saturated heterocycles. The number of piperidine rings is 1. The van der Waals surface area contributed by atoms with Gasteiger partial charge in [-0.3, -0.25) is 9.69 Å². The molecule has 0 saturated carbocycles. The Labute approximate surface area is 139 Å². The summed E-state index contributed by atoms with van der Waals surface area (Å²) in [5.41, 5.74) is 0. The summed E-state index contributed by atoms with van der Waals surface area (Å²) >= 11 is 0. The normalized spacial score (nSPS) is 24.5. The van der Waals surface area contributed by atoms with Crippen molar-refractivity contribution in [3.8, 4) is 0 Å². The molecule has 0 aromatic heterocycles. The van der Waals surface area contributed by atoms with Gasteiger partial charge in [-0.2, -0.15) is 0 Å². The second-order valence-corrected chi connectivity index (χ2v) is 8.45. The Kier molecular flexibility index (Phi) is 7.26. The first-order chi connectivity index (χ1) is 11.0. The summed E-state index contributed by atoms with van der Waals surface area (Å²) in [6.07, 6.45) is 2.44. The Hall–Kier alpha value is -0.700. The summed E-state index contributed by atoms with van der Waals surface area (Å²) in [7, 11) is -3.19. The fraction of sp³-hybridized carbons (Fsp3) is 0.933. The van der Waals surface area contributed by atoms with Gasteiger partial charge in [-0.15, -0.1) is 0 Å². The first-order valence-corrected chi connectivity index (χ1v) is 10.2. The molecular formula is C15H29N3O4S. The molecule has 134 valence electrons. The zero-order valence-corrected chi connectivity index (χ0v) is 14.8. The van der Waals surface area contributed by atoms with Gasteiger partial charge in [0.25, 0.3) is 0 Å². The van der Waals surface area contributed by atoms with Crippen molar-refractivity contribution >= 4 is 15.9 Å². The van der Waals surface area contributed by atoms with Crippen molar-refractivity contribution in [2.24, 2.45) is 5.92 Å². The lowest BCUT2D eigenvalue weighted by Crippen LogP contribution is -2.46. The van der Waals surface area contributed by atoms with Crippen molar-refractivity contribution in [2.45, 2.75) is 26.2 Å². The molecule has 0 aromatic carbocycles. The molecule has 0 radical (unpaired) electrons. The second-order valence-electron chi connectivity index (χ2n) is 6.20. The lowest BCUT2D eigenvalue weighted by Gasteiger charge is -2.31. The first-order valence-electron chi connectivity index (χ1n) is 8.58. The third-order valence-corrected chi connectivity index (χ3v) is 6.42. The average Bonchev–Trinajstić information content (AvgIpc) is 2.59. The van der Waals surface area contributed by atoms with E-state index in [0.29, 0.717) is 19.6 Å². The third kappa shape index (κ3) is 5.70. The molecule has 1 amide bonds. The van der Waals surface area contributed by atoms with Crippen molar-refractivity contribution in [1.29, 1.82) is 0 Å². The summed E-state index contributed by atoms with van der Waals surface area (Å²) in [5.74, 6) is -0.127. The van der Waals surface area contributed by atoms with Crippen LogP contribution in [0.1, 0.15) is 26.2 Å². The van der Waals surface area contributed by atoms with E-state index in [1.165, 1.54) is 4.31 Å². The molecule has 2 fully saturated rings. The van der Waals surface area contributed by atoms with E-state index in [1.54, 1.807) is 6.92 Å². The SMILES string of the molecule is CCS(=O)(=O)N1CCCC(C(=O)NCCCN2CCOCC2)C1. The lowest BCUT2D eigenvalue weighted by molar-refractivity contribution is -0.126. The Bertz CT molecular complexity index is 477. The molecule has 1 atom stereocenters. The molecule has 2 aliphatic heterocycles. The smallest absolute Gasteiger partial charge is 0.224 e. The minimum atomic E-state index is -3.19. The Morgan fingerprint density at radius 2 is 2.00 bits per heavy atom. The van der Waals surface area contributed by atoms with E-state index < -0.39 is 10.0 Å². The third-order valence-electron chi connectivity index (χ3n) is 4.57. The highest BCUT2D eigenvalue weighted by molar-refractivity contribution is 7.89. The monoisotopic (exact) mass is 347 g/mol. The molecular weight excluding hydrogens is 318 g/mol. The van der Waals surface area contributed by atoms with Gasteiger partial charge in [0.15, 0.2) is 0 Å². The van der Waals surface area contributed by atoms with Crippen LogP contribution in [-0.4, -0.2) is 81.8 Å². The number of carbonyl (C=O) groups is 1. The highest BCUT2D eigenvalue weighted by atomic mass is 32.2. The van der Waals surface area contributed by atoms with E-state index in [9.17, 15) is 13.2 Å². The van der Waals surface area contributed by atoms with Gasteiger partial charge in [-0.1, -0.05) is 0 Å². The van der Waals surface area contributed by atoms with E-state index in [1.807, 2.05) is 0 Å².